The standard InChI is InChI=1S/C20H27N3O/c1-15-14-23(21-18(15)16-10-6-4-7-11-16)19(20(24)22(2)3)17-12-8-5-9-13-17/h4,6-7,10-11,14,17,19H,5,8-9,12-13H2,1-3H3. The molecule has 1 fully saturated rings. The Labute approximate surface area is 144 Å². The van der Waals surface area contributed by atoms with E-state index in [0.717, 1.165) is 29.7 Å². The van der Waals surface area contributed by atoms with E-state index in [1.165, 1.54) is 19.3 Å². The second-order valence-corrected chi connectivity index (χ2v) is 7.08. The highest BCUT2D eigenvalue weighted by molar-refractivity contribution is 5.80. The maximum absolute atomic E-state index is 12.9. The molecule has 0 saturated heterocycles. The van der Waals surface area contributed by atoms with Crippen molar-refractivity contribution in [3.05, 3.63) is 42.1 Å². The van der Waals surface area contributed by atoms with Crippen LogP contribution in [0.5, 0.6) is 0 Å². The SMILES string of the molecule is Cc1cn(C(C(=O)N(C)C)C2CCCCC2)nc1-c1ccccc1. The minimum Gasteiger partial charge on any atom is -0.347 e. The van der Waals surface area contributed by atoms with Crippen molar-refractivity contribution in [3.63, 3.8) is 0 Å². The van der Waals surface area contributed by atoms with Crippen LogP contribution in [0.4, 0.5) is 0 Å². The first-order valence-electron chi connectivity index (χ1n) is 8.90. The summed E-state index contributed by atoms with van der Waals surface area (Å²) in [4.78, 5) is 14.6. The number of benzene rings is 1. The zero-order valence-corrected chi connectivity index (χ0v) is 14.9. The summed E-state index contributed by atoms with van der Waals surface area (Å²) >= 11 is 0. The fourth-order valence-corrected chi connectivity index (χ4v) is 3.75. The molecule has 2 aromatic rings. The van der Waals surface area contributed by atoms with Gasteiger partial charge in [-0.15, -0.1) is 0 Å². The van der Waals surface area contributed by atoms with E-state index in [2.05, 4.69) is 19.1 Å². The van der Waals surface area contributed by atoms with Gasteiger partial charge in [0, 0.05) is 25.9 Å². The van der Waals surface area contributed by atoms with Gasteiger partial charge in [0.1, 0.15) is 6.04 Å². The largest absolute Gasteiger partial charge is 0.347 e. The Balaban J connectivity index is 1.97. The molecular formula is C20H27N3O. The van der Waals surface area contributed by atoms with E-state index in [4.69, 9.17) is 5.10 Å². The summed E-state index contributed by atoms with van der Waals surface area (Å²) < 4.78 is 1.93. The summed E-state index contributed by atoms with van der Waals surface area (Å²) in [5, 5.41) is 4.83. The average Bonchev–Trinajstić information content (AvgIpc) is 2.98. The number of hydrogen-bond acceptors (Lipinski definition) is 2. The average molecular weight is 325 g/mol. The number of aryl methyl sites for hydroxylation is 1. The van der Waals surface area contributed by atoms with Crippen LogP contribution < -0.4 is 0 Å². The van der Waals surface area contributed by atoms with E-state index < -0.39 is 0 Å². The third-order valence-corrected chi connectivity index (χ3v) is 5.04. The van der Waals surface area contributed by atoms with E-state index >= 15 is 0 Å². The van der Waals surface area contributed by atoms with Crippen molar-refractivity contribution in [1.82, 2.24) is 14.7 Å². The van der Waals surface area contributed by atoms with Crippen LogP contribution in [0.1, 0.15) is 43.7 Å². The summed E-state index contributed by atoms with van der Waals surface area (Å²) in [5.41, 5.74) is 3.20. The molecule has 1 atom stereocenters. The van der Waals surface area contributed by atoms with Gasteiger partial charge in [0.2, 0.25) is 5.91 Å². The number of carbonyl (C=O) groups is 1. The third-order valence-electron chi connectivity index (χ3n) is 5.04. The van der Waals surface area contributed by atoms with Gasteiger partial charge in [0.15, 0.2) is 0 Å². The summed E-state index contributed by atoms with van der Waals surface area (Å²) in [5.74, 6) is 0.542. The Morgan fingerprint density at radius 2 is 1.83 bits per heavy atom. The van der Waals surface area contributed by atoms with Crippen LogP contribution in [0.2, 0.25) is 0 Å². The summed E-state index contributed by atoms with van der Waals surface area (Å²) in [6.45, 7) is 2.07. The van der Waals surface area contributed by atoms with E-state index in [0.29, 0.717) is 5.92 Å². The maximum atomic E-state index is 12.9. The highest BCUT2D eigenvalue weighted by Gasteiger charge is 2.33. The molecule has 4 heteroatoms. The van der Waals surface area contributed by atoms with Crippen LogP contribution in [-0.4, -0.2) is 34.7 Å². The van der Waals surface area contributed by atoms with E-state index in [1.807, 2.05) is 43.2 Å². The molecular weight excluding hydrogens is 298 g/mol. The van der Waals surface area contributed by atoms with Crippen molar-refractivity contribution >= 4 is 5.91 Å². The minimum atomic E-state index is -0.184. The van der Waals surface area contributed by atoms with Crippen LogP contribution in [0, 0.1) is 12.8 Å². The van der Waals surface area contributed by atoms with Crippen molar-refractivity contribution in [2.75, 3.05) is 14.1 Å². The third kappa shape index (κ3) is 3.37. The number of nitrogens with zero attached hydrogens (tertiary/aromatic N) is 3. The van der Waals surface area contributed by atoms with Crippen LogP contribution in [-0.2, 0) is 4.79 Å². The molecule has 1 aromatic heterocycles. The molecule has 0 N–H and O–H groups in total. The van der Waals surface area contributed by atoms with Crippen LogP contribution in [0.15, 0.2) is 36.5 Å². The van der Waals surface area contributed by atoms with E-state index in [9.17, 15) is 4.79 Å². The first-order valence-corrected chi connectivity index (χ1v) is 8.90. The van der Waals surface area contributed by atoms with Crippen LogP contribution in [0.3, 0.4) is 0 Å². The number of rotatable bonds is 4. The van der Waals surface area contributed by atoms with Crippen molar-refractivity contribution in [2.45, 2.75) is 45.1 Å². The lowest BCUT2D eigenvalue weighted by Crippen LogP contribution is -2.37. The van der Waals surface area contributed by atoms with Gasteiger partial charge >= 0.3 is 0 Å². The second-order valence-electron chi connectivity index (χ2n) is 7.08. The monoisotopic (exact) mass is 325 g/mol. The number of carbonyl (C=O) groups excluding carboxylic acids is 1. The number of amides is 1. The molecule has 1 aliphatic carbocycles. The Morgan fingerprint density at radius 1 is 1.17 bits per heavy atom. The number of likely N-dealkylation sites (N-methyl/N-ethyl adjacent to an activating group) is 1. The maximum Gasteiger partial charge on any atom is 0.247 e. The molecule has 1 aliphatic rings. The van der Waals surface area contributed by atoms with Crippen molar-refractivity contribution in [3.8, 4) is 11.3 Å². The quantitative estimate of drug-likeness (QED) is 0.850. The van der Waals surface area contributed by atoms with E-state index in [-0.39, 0.29) is 11.9 Å². The molecule has 24 heavy (non-hydrogen) atoms. The molecule has 0 radical (unpaired) electrons. The minimum absolute atomic E-state index is 0.156. The molecule has 0 aliphatic heterocycles. The molecule has 0 spiro atoms. The lowest BCUT2D eigenvalue weighted by Gasteiger charge is -2.31. The summed E-state index contributed by atoms with van der Waals surface area (Å²) in [7, 11) is 3.68. The van der Waals surface area contributed by atoms with Gasteiger partial charge in [-0.2, -0.15) is 5.10 Å². The van der Waals surface area contributed by atoms with Gasteiger partial charge in [0.05, 0.1) is 5.69 Å². The Bertz CT molecular complexity index is 684. The molecule has 128 valence electrons. The number of aromatic nitrogens is 2. The van der Waals surface area contributed by atoms with Gasteiger partial charge in [-0.05, 0) is 31.2 Å². The Morgan fingerprint density at radius 3 is 2.46 bits per heavy atom. The van der Waals surface area contributed by atoms with Crippen LogP contribution >= 0.6 is 0 Å². The highest BCUT2D eigenvalue weighted by Crippen LogP contribution is 2.35. The molecule has 0 bridgehead atoms. The number of hydrogen-bond donors (Lipinski definition) is 0. The highest BCUT2D eigenvalue weighted by atomic mass is 16.2. The molecule has 1 aromatic carbocycles. The predicted molar refractivity (Wildman–Crippen MR) is 96.7 cm³/mol. The lowest BCUT2D eigenvalue weighted by molar-refractivity contribution is -0.134. The lowest BCUT2D eigenvalue weighted by atomic mass is 9.83. The summed E-state index contributed by atoms with van der Waals surface area (Å²) in [6.07, 6.45) is 7.99. The zero-order chi connectivity index (χ0) is 17.1. The molecule has 3 rings (SSSR count). The van der Waals surface area contributed by atoms with Crippen LogP contribution in [0.25, 0.3) is 11.3 Å². The van der Waals surface area contributed by atoms with Crippen molar-refractivity contribution in [1.29, 1.82) is 0 Å². The molecule has 1 saturated carbocycles. The molecule has 1 amide bonds. The van der Waals surface area contributed by atoms with Gasteiger partial charge in [-0.1, -0.05) is 49.6 Å². The zero-order valence-electron chi connectivity index (χ0n) is 14.9. The fraction of sp³-hybridized carbons (Fsp3) is 0.500. The first-order chi connectivity index (χ1) is 11.6. The van der Waals surface area contributed by atoms with Gasteiger partial charge in [0.25, 0.3) is 0 Å². The molecule has 1 unspecified atom stereocenters. The fourth-order valence-electron chi connectivity index (χ4n) is 3.75. The first kappa shape index (κ1) is 16.7. The van der Waals surface area contributed by atoms with E-state index in [1.54, 1.807) is 4.90 Å². The molecule has 4 nitrogen and oxygen atoms in total. The second kappa shape index (κ2) is 7.20. The normalized spacial score (nSPS) is 16.8. The Hall–Kier alpha value is -2.10. The smallest absolute Gasteiger partial charge is 0.247 e. The Kier molecular flexibility index (Phi) is 5.03. The van der Waals surface area contributed by atoms with Crippen molar-refractivity contribution in [2.24, 2.45) is 5.92 Å². The summed E-state index contributed by atoms with van der Waals surface area (Å²) in [6, 6.07) is 10.0. The predicted octanol–water partition coefficient (Wildman–Crippen LogP) is 4.07. The van der Waals surface area contributed by atoms with Gasteiger partial charge in [-0.3, -0.25) is 9.48 Å². The topological polar surface area (TPSA) is 38.1 Å². The van der Waals surface area contributed by atoms with Gasteiger partial charge in [-0.25, -0.2) is 0 Å². The van der Waals surface area contributed by atoms with Crippen molar-refractivity contribution < 1.29 is 4.79 Å². The molecule has 1 heterocycles. The van der Waals surface area contributed by atoms with Gasteiger partial charge < -0.3 is 4.90 Å².